The maximum absolute atomic E-state index is 12.0. The molecule has 0 spiro atoms. The SMILES string of the molecule is O=C(NCCC(=O)N1CC(=O)N(C2CC2)C1)c1cccs1. The molecule has 3 rings (SSSR count). The van der Waals surface area contributed by atoms with Crippen molar-refractivity contribution in [2.45, 2.75) is 25.3 Å². The summed E-state index contributed by atoms with van der Waals surface area (Å²) in [6, 6.07) is 3.90. The van der Waals surface area contributed by atoms with E-state index in [4.69, 9.17) is 0 Å². The smallest absolute Gasteiger partial charge is 0.261 e. The van der Waals surface area contributed by atoms with Crippen molar-refractivity contribution in [1.82, 2.24) is 15.1 Å². The van der Waals surface area contributed by atoms with Crippen molar-refractivity contribution < 1.29 is 14.4 Å². The van der Waals surface area contributed by atoms with Crippen LogP contribution in [0.4, 0.5) is 0 Å². The molecule has 21 heavy (non-hydrogen) atoms. The topological polar surface area (TPSA) is 69.7 Å². The molecule has 0 atom stereocenters. The second kappa shape index (κ2) is 5.85. The Morgan fingerprint density at radius 3 is 2.86 bits per heavy atom. The lowest BCUT2D eigenvalue weighted by Crippen LogP contribution is -2.34. The van der Waals surface area contributed by atoms with E-state index in [2.05, 4.69) is 5.32 Å². The van der Waals surface area contributed by atoms with Gasteiger partial charge in [0.2, 0.25) is 11.8 Å². The van der Waals surface area contributed by atoms with Crippen molar-refractivity contribution in [2.75, 3.05) is 19.8 Å². The van der Waals surface area contributed by atoms with Gasteiger partial charge < -0.3 is 15.1 Å². The molecule has 6 nitrogen and oxygen atoms in total. The van der Waals surface area contributed by atoms with Gasteiger partial charge in [-0.1, -0.05) is 6.07 Å². The van der Waals surface area contributed by atoms with Crippen molar-refractivity contribution in [3.05, 3.63) is 22.4 Å². The van der Waals surface area contributed by atoms with Crippen LogP contribution in [0.15, 0.2) is 17.5 Å². The standard InChI is InChI=1S/C14H17N3O3S/c18-12(5-6-15-14(20)11-2-1-7-21-11)16-8-13(19)17(9-16)10-3-4-10/h1-2,7,10H,3-6,8-9H2,(H,15,20). The average Bonchev–Trinajstić information content (AvgIpc) is 3.01. The molecule has 0 radical (unpaired) electrons. The Balaban J connectivity index is 1.42. The minimum absolute atomic E-state index is 0.0356. The molecule has 1 aliphatic heterocycles. The van der Waals surface area contributed by atoms with Gasteiger partial charge in [-0.3, -0.25) is 14.4 Å². The number of hydrogen-bond acceptors (Lipinski definition) is 4. The zero-order valence-corrected chi connectivity index (χ0v) is 12.4. The molecule has 1 aromatic heterocycles. The fraction of sp³-hybridized carbons (Fsp3) is 0.500. The zero-order valence-electron chi connectivity index (χ0n) is 11.6. The summed E-state index contributed by atoms with van der Waals surface area (Å²) in [5, 5.41) is 4.56. The van der Waals surface area contributed by atoms with Crippen molar-refractivity contribution in [2.24, 2.45) is 0 Å². The number of rotatable bonds is 5. The molecule has 2 aliphatic rings. The fourth-order valence-corrected chi connectivity index (χ4v) is 3.02. The van der Waals surface area contributed by atoms with E-state index in [1.165, 1.54) is 11.3 Å². The lowest BCUT2D eigenvalue weighted by atomic mass is 10.3. The molecule has 1 N–H and O–H groups in total. The van der Waals surface area contributed by atoms with Gasteiger partial charge in [0, 0.05) is 19.0 Å². The minimum atomic E-state index is -0.157. The number of hydrogen-bond donors (Lipinski definition) is 1. The van der Waals surface area contributed by atoms with Crippen LogP contribution in [0, 0.1) is 0 Å². The fourth-order valence-electron chi connectivity index (χ4n) is 2.38. The quantitative estimate of drug-likeness (QED) is 0.869. The number of nitrogens with one attached hydrogen (secondary N) is 1. The first-order chi connectivity index (χ1) is 10.1. The summed E-state index contributed by atoms with van der Waals surface area (Å²) < 4.78 is 0. The Hall–Kier alpha value is -1.89. The predicted octanol–water partition coefficient (Wildman–Crippen LogP) is 0.659. The van der Waals surface area contributed by atoms with Crippen molar-refractivity contribution >= 4 is 29.1 Å². The van der Waals surface area contributed by atoms with Gasteiger partial charge in [0.25, 0.3) is 5.91 Å². The summed E-state index contributed by atoms with van der Waals surface area (Å²) in [5.41, 5.74) is 0. The van der Waals surface area contributed by atoms with Crippen LogP contribution >= 0.6 is 11.3 Å². The number of carbonyl (C=O) groups is 3. The highest BCUT2D eigenvalue weighted by atomic mass is 32.1. The van der Waals surface area contributed by atoms with E-state index >= 15 is 0 Å². The highest BCUT2D eigenvalue weighted by Crippen LogP contribution is 2.29. The summed E-state index contributed by atoms with van der Waals surface area (Å²) in [5.74, 6) is -0.207. The van der Waals surface area contributed by atoms with Gasteiger partial charge in [-0.25, -0.2) is 0 Å². The molecule has 0 bridgehead atoms. The van der Waals surface area contributed by atoms with Gasteiger partial charge in [0.05, 0.1) is 11.5 Å². The van der Waals surface area contributed by atoms with Crippen LogP contribution in [0.1, 0.15) is 28.9 Å². The molecule has 2 fully saturated rings. The van der Waals surface area contributed by atoms with E-state index in [1.807, 2.05) is 11.4 Å². The maximum Gasteiger partial charge on any atom is 0.261 e. The van der Waals surface area contributed by atoms with Gasteiger partial charge in [0.15, 0.2) is 0 Å². The molecule has 1 aliphatic carbocycles. The highest BCUT2D eigenvalue weighted by molar-refractivity contribution is 7.12. The molecule has 0 unspecified atom stereocenters. The van der Waals surface area contributed by atoms with E-state index in [0.717, 1.165) is 12.8 Å². The number of thiophene rings is 1. The Kier molecular flexibility index (Phi) is 3.92. The molecule has 112 valence electrons. The average molecular weight is 307 g/mol. The first kappa shape index (κ1) is 14.1. The molecule has 1 saturated carbocycles. The van der Waals surface area contributed by atoms with Crippen LogP contribution in [0.3, 0.4) is 0 Å². The molecule has 2 heterocycles. The molecule has 1 saturated heterocycles. The molecular formula is C14H17N3O3S. The van der Waals surface area contributed by atoms with Gasteiger partial charge in [-0.15, -0.1) is 11.3 Å². The monoisotopic (exact) mass is 307 g/mol. The third-order valence-electron chi connectivity index (χ3n) is 3.68. The molecule has 1 aromatic rings. The van der Waals surface area contributed by atoms with Crippen LogP contribution in [0.2, 0.25) is 0 Å². The van der Waals surface area contributed by atoms with Gasteiger partial charge in [-0.05, 0) is 24.3 Å². The third-order valence-corrected chi connectivity index (χ3v) is 4.55. The maximum atomic E-state index is 12.0. The molecule has 3 amide bonds. The lowest BCUT2D eigenvalue weighted by Gasteiger charge is -2.17. The van der Waals surface area contributed by atoms with Gasteiger partial charge in [-0.2, -0.15) is 0 Å². The highest BCUT2D eigenvalue weighted by Gasteiger charge is 2.39. The van der Waals surface area contributed by atoms with Crippen LogP contribution in [0.25, 0.3) is 0 Å². The summed E-state index contributed by atoms with van der Waals surface area (Å²) in [4.78, 5) is 39.5. The summed E-state index contributed by atoms with van der Waals surface area (Å²) in [7, 11) is 0. The van der Waals surface area contributed by atoms with Crippen molar-refractivity contribution in [3.63, 3.8) is 0 Å². The van der Waals surface area contributed by atoms with Crippen molar-refractivity contribution in [3.8, 4) is 0 Å². The summed E-state index contributed by atoms with van der Waals surface area (Å²) >= 11 is 1.37. The van der Waals surface area contributed by atoms with E-state index in [0.29, 0.717) is 24.1 Å². The Morgan fingerprint density at radius 2 is 2.19 bits per heavy atom. The van der Waals surface area contributed by atoms with Crippen LogP contribution < -0.4 is 5.32 Å². The number of nitrogens with zero attached hydrogens (tertiary/aromatic N) is 2. The molecular weight excluding hydrogens is 290 g/mol. The van der Waals surface area contributed by atoms with E-state index in [1.54, 1.807) is 15.9 Å². The van der Waals surface area contributed by atoms with E-state index < -0.39 is 0 Å². The van der Waals surface area contributed by atoms with Crippen LogP contribution in [-0.2, 0) is 9.59 Å². The zero-order chi connectivity index (χ0) is 14.8. The van der Waals surface area contributed by atoms with Crippen LogP contribution in [-0.4, -0.2) is 53.3 Å². The van der Waals surface area contributed by atoms with E-state index in [9.17, 15) is 14.4 Å². The Morgan fingerprint density at radius 1 is 1.38 bits per heavy atom. The second-order valence-corrected chi connectivity index (χ2v) is 6.26. The first-order valence-corrected chi connectivity index (χ1v) is 7.92. The normalized spacial score (nSPS) is 18.2. The largest absolute Gasteiger partial charge is 0.351 e. The van der Waals surface area contributed by atoms with Gasteiger partial charge in [0.1, 0.15) is 6.54 Å². The van der Waals surface area contributed by atoms with E-state index in [-0.39, 0.29) is 30.7 Å². The predicted molar refractivity (Wildman–Crippen MR) is 77.7 cm³/mol. The Labute approximate surface area is 126 Å². The lowest BCUT2D eigenvalue weighted by molar-refractivity contribution is -0.131. The van der Waals surface area contributed by atoms with Gasteiger partial charge >= 0.3 is 0 Å². The summed E-state index contributed by atoms with van der Waals surface area (Å²) in [6.07, 6.45) is 2.32. The van der Waals surface area contributed by atoms with Crippen molar-refractivity contribution in [1.29, 1.82) is 0 Å². The first-order valence-electron chi connectivity index (χ1n) is 7.04. The second-order valence-electron chi connectivity index (χ2n) is 5.31. The Bertz CT molecular complexity index is 554. The molecule has 7 heteroatoms. The number of amides is 3. The minimum Gasteiger partial charge on any atom is -0.351 e. The molecule has 0 aromatic carbocycles. The van der Waals surface area contributed by atoms with Crippen LogP contribution in [0.5, 0.6) is 0 Å². The number of carbonyl (C=O) groups excluding carboxylic acids is 3. The third kappa shape index (κ3) is 3.24. The summed E-state index contributed by atoms with van der Waals surface area (Å²) in [6.45, 7) is 0.874.